The van der Waals surface area contributed by atoms with Gasteiger partial charge >= 0.3 is 0 Å². The molecule has 3 heterocycles. The first kappa shape index (κ1) is 20.9. The van der Waals surface area contributed by atoms with Gasteiger partial charge in [0.1, 0.15) is 11.5 Å². The molecule has 0 bridgehead atoms. The molecule has 5 rings (SSSR count). The minimum atomic E-state index is 0.0834. The van der Waals surface area contributed by atoms with E-state index >= 15 is 0 Å². The van der Waals surface area contributed by atoms with Crippen LogP contribution in [-0.2, 0) is 13.0 Å². The SMILES string of the molecule is CC(C)c1ccccc1-c1nc(NCc2ccc(-c3ccccn3)nc2)c2c(n1)C(=O)CC2. The molecule has 1 aliphatic carbocycles. The number of aromatic nitrogens is 4. The van der Waals surface area contributed by atoms with Gasteiger partial charge in [0, 0.05) is 36.5 Å². The van der Waals surface area contributed by atoms with Crippen LogP contribution in [0.4, 0.5) is 5.82 Å². The Morgan fingerprint density at radius 1 is 0.909 bits per heavy atom. The maximum absolute atomic E-state index is 12.5. The fraction of sp³-hybridized carbons (Fsp3) is 0.222. The predicted molar refractivity (Wildman–Crippen MR) is 129 cm³/mol. The summed E-state index contributed by atoms with van der Waals surface area (Å²) < 4.78 is 0. The largest absolute Gasteiger partial charge is 0.366 e. The molecule has 4 aromatic rings. The summed E-state index contributed by atoms with van der Waals surface area (Å²) in [5, 5.41) is 3.44. The van der Waals surface area contributed by atoms with Crippen molar-refractivity contribution in [1.82, 2.24) is 19.9 Å². The molecule has 6 nitrogen and oxygen atoms in total. The average Bonchev–Trinajstić information content (AvgIpc) is 3.24. The van der Waals surface area contributed by atoms with Crippen LogP contribution < -0.4 is 5.32 Å². The molecule has 1 aliphatic rings. The highest BCUT2D eigenvalue weighted by Crippen LogP contribution is 2.32. The Kier molecular flexibility index (Phi) is 5.65. The second-order valence-electron chi connectivity index (χ2n) is 8.51. The van der Waals surface area contributed by atoms with E-state index in [1.54, 1.807) is 6.20 Å². The van der Waals surface area contributed by atoms with Gasteiger partial charge < -0.3 is 5.32 Å². The fourth-order valence-corrected chi connectivity index (χ4v) is 4.16. The van der Waals surface area contributed by atoms with E-state index in [1.165, 1.54) is 5.56 Å². The molecule has 0 saturated carbocycles. The van der Waals surface area contributed by atoms with Crippen LogP contribution in [0.15, 0.2) is 67.0 Å². The van der Waals surface area contributed by atoms with E-state index in [1.807, 2.05) is 54.7 Å². The lowest BCUT2D eigenvalue weighted by molar-refractivity contribution is 0.0990. The van der Waals surface area contributed by atoms with Crippen molar-refractivity contribution in [3.63, 3.8) is 0 Å². The number of ketones is 1. The maximum Gasteiger partial charge on any atom is 0.182 e. The van der Waals surface area contributed by atoms with Crippen LogP contribution in [0, 0.1) is 0 Å². The topological polar surface area (TPSA) is 80.7 Å². The summed E-state index contributed by atoms with van der Waals surface area (Å²) in [6.45, 7) is 4.86. The van der Waals surface area contributed by atoms with E-state index in [4.69, 9.17) is 4.98 Å². The monoisotopic (exact) mass is 435 g/mol. The van der Waals surface area contributed by atoms with Gasteiger partial charge in [-0.05, 0) is 41.7 Å². The summed E-state index contributed by atoms with van der Waals surface area (Å²) >= 11 is 0. The third-order valence-corrected chi connectivity index (χ3v) is 5.91. The Morgan fingerprint density at radius 3 is 2.48 bits per heavy atom. The quantitative estimate of drug-likeness (QED) is 0.433. The zero-order chi connectivity index (χ0) is 22.8. The molecule has 0 unspecified atom stereocenters. The zero-order valence-electron chi connectivity index (χ0n) is 18.7. The standard InChI is InChI=1S/C27H25N5O/c1-17(2)19-7-3-4-8-20(19)27-31-25-21(11-13-24(25)33)26(32-27)30-16-18-10-12-23(29-15-18)22-9-5-6-14-28-22/h3-10,12,14-15,17H,11,13,16H2,1-2H3,(H,30,31,32). The number of nitrogens with one attached hydrogen (secondary N) is 1. The first-order valence-corrected chi connectivity index (χ1v) is 11.2. The number of pyridine rings is 2. The Balaban J connectivity index is 1.44. The van der Waals surface area contributed by atoms with Crippen LogP contribution in [0.3, 0.4) is 0 Å². The van der Waals surface area contributed by atoms with Crippen molar-refractivity contribution < 1.29 is 4.79 Å². The van der Waals surface area contributed by atoms with Crippen molar-refractivity contribution in [3.05, 3.63) is 89.4 Å². The van der Waals surface area contributed by atoms with E-state index in [2.05, 4.69) is 40.2 Å². The van der Waals surface area contributed by atoms with Crippen LogP contribution in [-0.4, -0.2) is 25.7 Å². The highest BCUT2D eigenvalue weighted by molar-refractivity contribution is 6.00. The lowest BCUT2D eigenvalue weighted by Crippen LogP contribution is -2.09. The molecule has 6 heteroatoms. The number of nitrogens with zero attached hydrogens (tertiary/aromatic N) is 4. The number of carbonyl (C=O) groups excluding carboxylic acids is 1. The van der Waals surface area contributed by atoms with E-state index in [0.29, 0.717) is 36.8 Å². The molecule has 1 aromatic carbocycles. The number of rotatable bonds is 6. The summed E-state index contributed by atoms with van der Waals surface area (Å²) in [6, 6.07) is 17.9. The highest BCUT2D eigenvalue weighted by Gasteiger charge is 2.27. The van der Waals surface area contributed by atoms with E-state index in [0.717, 1.165) is 33.9 Å². The lowest BCUT2D eigenvalue weighted by atomic mass is 9.96. The number of hydrogen-bond donors (Lipinski definition) is 1. The van der Waals surface area contributed by atoms with Crippen molar-refractivity contribution in [2.24, 2.45) is 0 Å². The summed E-state index contributed by atoms with van der Waals surface area (Å²) in [4.78, 5) is 31.0. The minimum Gasteiger partial charge on any atom is -0.366 e. The molecule has 3 aromatic heterocycles. The van der Waals surface area contributed by atoms with Crippen molar-refractivity contribution in [2.45, 2.75) is 39.2 Å². The molecule has 164 valence electrons. The molecular weight excluding hydrogens is 410 g/mol. The first-order valence-electron chi connectivity index (χ1n) is 11.2. The molecule has 0 aliphatic heterocycles. The van der Waals surface area contributed by atoms with Crippen LogP contribution in [0.1, 0.15) is 53.4 Å². The number of fused-ring (bicyclic) bond motifs is 1. The molecule has 0 saturated heterocycles. The van der Waals surface area contributed by atoms with Gasteiger partial charge in [0.25, 0.3) is 0 Å². The van der Waals surface area contributed by atoms with Crippen LogP contribution >= 0.6 is 0 Å². The number of benzene rings is 1. The molecule has 1 N–H and O–H groups in total. The Labute approximate surface area is 193 Å². The maximum atomic E-state index is 12.5. The number of hydrogen-bond acceptors (Lipinski definition) is 6. The van der Waals surface area contributed by atoms with Crippen LogP contribution in [0.5, 0.6) is 0 Å². The Bertz CT molecular complexity index is 1300. The fourth-order valence-electron chi connectivity index (χ4n) is 4.16. The molecule has 0 spiro atoms. The molecular formula is C27H25N5O. The average molecular weight is 436 g/mol. The third-order valence-electron chi connectivity index (χ3n) is 5.91. The van der Waals surface area contributed by atoms with Gasteiger partial charge in [-0.3, -0.25) is 14.8 Å². The van der Waals surface area contributed by atoms with E-state index in [9.17, 15) is 4.79 Å². The Morgan fingerprint density at radius 2 is 1.73 bits per heavy atom. The third kappa shape index (κ3) is 4.24. The normalized spacial score (nSPS) is 12.8. The van der Waals surface area contributed by atoms with Gasteiger partial charge in [-0.25, -0.2) is 9.97 Å². The van der Waals surface area contributed by atoms with Gasteiger partial charge in [0.15, 0.2) is 11.6 Å². The van der Waals surface area contributed by atoms with Crippen molar-refractivity contribution in [3.8, 4) is 22.8 Å². The number of carbonyl (C=O) groups is 1. The molecule has 0 amide bonds. The summed E-state index contributed by atoms with van der Waals surface area (Å²) in [7, 11) is 0. The van der Waals surface area contributed by atoms with Crippen LogP contribution in [0.2, 0.25) is 0 Å². The van der Waals surface area contributed by atoms with Crippen molar-refractivity contribution in [1.29, 1.82) is 0 Å². The van der Waals surface area contributed by atoms with E-state index < -0.39 is 0 Å². The zero-order valence-corrected chi connectivity index (χ0v) is 18.7. The number of Topliss-reactive ketones (excluding diaryl/α,β-unsaturated/α-hetero) is 1. The van der Waals surface area contributed by atoms with Gasteiger partial charge in [-0.15, -0.1) is 0 Å². The summed E-state index contributed by atoms with van der Waals surface area (Å²) in [5.74, 6) is 1.74. The first-order chi connectivity index (χ1) is 16.1. The van der Waals surface area contributed by atoms with Gasteiger partial charge in [-0.1, -0.05) is 50.2 Å². The molecule has 0 atom stereocenters. The minimum absolute atomic E-state index is 0.0834. The van der Waals surface area contributed by atoms with Gasteiger partial charge in [-0.2, -0.15) is 0 Å². The van der Waals surface area contributed by atoms with E-state index in [-0.39, 0.29) is 5.78 Å². The number of anilines is 1. The van der Waals surface area contributed by atoms with Crippen molar-refractivity contribution >= 4 is 11.6 Å². The van der Waals surface area contributed by atoms with Crippen LogP contribution in [0.25, 0.3) is 22.8 Å². The molecule has 33 heavy (non-hydrogen) atoms. The lowest BCUT2D eigenvalue weighted by Gasteiger charge is -2.15. The second kappa shape index (κ2) is 8.90. The smallest absolute Gasteiger partial charge is 0.182 e. The predicted octanol–water partition coefficient (Wildman–Crippen LogP) is 5.47. The van der Waals surface area contributed by atoms with Gasteiger partial charge in [0.05, 0.1) is 11.4 Å². The summed E-state index contributed by atoms with van der Waals surface area (Å²) in [5.41, 5.74) is 6.30. The van der Waals surface area contributed by atoms with Gasteiger partial charge in [0.2, 0.25) is 0 Å². The second-order valence-corrected chi connectivity index (χ2v) is 8.51. The highest BCUT2D eigenvalue weighted by atomic mass is 16.1. The molecule has 0 radical (unpaired) electrons. The molecule has 0 fully saturated rings. The van der Waals surface area contributed by atoms with Crippen molar-refractivity contribution in [2.75, 3.05) is 5.32 Å². The summed E-state index contributed by atoms with van der Waals surface area (Å²) in [6.07, 6.45) is 4.75. The Hall–Kier alpha value is -3.93.